The third-order valence-corrected chi connectivity index (χ3v) is 4.63. The van der Waals surface area contributed by atoms with Crippen molar-refractivity contribution >= 4 is 27.6 Å². The van der Waals surface area contributed by atoms with Gasteiger partial charge < -0.3 is 5.11 Å². The fourth-order valence-corrected chi connectivity index (χ4v) is 2.95. The summed E-state index contributed by atoms with van der Waals surface area (Å²) < 4.78 is 38.7. The van der Waals surface area contributed by atoms with Gasteiger partial charge in [-0.25, -0.2) is 17.1 Å². The van der Waals surface area contributed by atoms with Crippen LogP contribution in [0.15, 0.2) is 23.1 Å². The summed E-state index contributed by atoms with van der Waals surface area (Å²) in [6.07, 6.45) is -0.00879. The molecule has 0 saturated carbocycles. The van der Waals surface area contributed by atoms with Gasteiger partial charge >= 0.3 is 5.97 Å². The SMILES string of the molecule is CN(CCCC(=O)O)S(=O)(=O)c1cccc(Cl)c1F. The fourth-order valence-electron chi connectivity index (χ4n) is 1.42. The van der Waals surface area contributed by atoms with Gasteiger partial charge in [0.15, 0.2) is 5.82 Å². The second kappa shape index (κ2) is 6.31. The molecule has 0 aromatic heterocycles. The lowest BCUT2D eigenvalue weighted by molar-refractivity contribution is -0.137. The molecule has 1 aromatic carbocycles. The Kier molecular flexibility index (Phi) is 5.28. The van der Waals surface area contributed by atoms with Crippen LogP contribution in [0.4, 0.5) is 4.39 Å². The summed E-state index contributed by atoms with van der Waals surface area (Å²) >= 11 is 5.53. The summed E-state index contributed by atoms with van der Waals surface area (Å²) in [7, 11) is -2.75. The maximum atomic E-state index is 13.7. The van der Waals surface area contributed by atoms with Crippen LogP contribution in [0.2, 0.25) is 5.02 Å². The normalized spacial score (nSPS) is 11.8. The minimum absolute atomic E-state index is 0.0133. The van der Waals surface area contributed by atoms with Crippen molar-refractivity contribution in [2.24, 2.45) is 0 Å². The van der Waals surface area contributed by atoms with Crippen LogP contribution in [0.1, 0.15) is 12.8 Å². The molecule has 0 atom stereocenters. The lowest BCUT2D eigenvalue weighted by Crippen LogP contribution is -2.29. The van der Waals surface area contributed by atoms with Crippen LogP contribution in [0, 0.1) is 5.82 Å². The molecule has 0 spiro atoms. The van der Waals surface area contributed by atoms with Crippen molar-refractivity contribution in [2.75, 3.05) is 13.6 Å². The van der Waals surface area contributed by atoms with Gasteiger partial charge in [-0.05, 0) is 18.6 Å². The monoisotopic (exact) mass is 309 g/mol. The van der Waals surface area contributed by atoms with Crippen LogP contribution in [-0.4, -0.2) is 37.4 Å². The van der Waals surface area contributed by atoms with Gasteiger partial charge in [-0.3, -0.25) is 4.79 Å². The Labute approximate surface area is 115 Å². The molecule has 1 rings (SSSR count). The van der Waals surface area contributed by atoms with Gasteiger partial charge in [0.25, 0.3) is 0 Å². The lowest BCUT2D eigenvalue weighted by atomic mass is 10.3. The number of hydrogen-bond donors (Lipinski definition) is 1. The van der Waals surface area contributed by atoms with E-state index >= 15 is 0 Å². The van der Waals surface area contributed by atoms with Crippen LogP contribution >= 0.6 is 11.6 Å². The Balaban J connectivity index is 2.91. The highest BCUT2D eigenvalue weighted by Gasteiger charge is 2.25. The highest BCUT2D eigenvalue weighted by atomic mass is 35.5. The molecule has 1 N–H and O–H groups in total. The first-order valence-electron chi connectivity index (χ1n) is 5.39. The number of aliphatic carboxylic acids is 1. The number of carboxylic acids is 1. The molecule has 0 heterocycles. The summed E-state index contributed by atoms with van der Waals surface area (Å²) in [5.41, 5.74) is 0. The minimum Gasteiger partial charge on any atom is -0.481 e. The maximum Gasteiger partial charge on any atom is 0.303 e. The number of rotatable bonds is 6. The standard InChI is InChI=1S/C11H13ClFNO4S/c1-14(7-3-6-10(15)16)19(17,18)9-5-2-4-8(12)11(9)13/h2,4-5H,3,6-7H2,1H3,(H,15,16). The van der Waals surface area contributed by atoms with Crippen molar-refractivity contribution in [1.29, 1.82) is 0 Å². The van der Waals surface area contributed by atoms with Crippen LogP contribution in [0.3, 0.4) is 0 Å². The van der Waals surface area contributed by atoms with E-state index < -0.39 is 26.7 Å². The summed E-state index contributed by atoms with van der Waals surface area (Å²) in [5.74, 6) is -2.02. The van der Waals surface area contributed by atoms with Gasteiger partial charge in [0.2, 0.25) is 10.0 Å². The molecule has 0 amide bonds. The van der Waals surface area contributed by atoms with Crippen molar-refractivity contribution in [2.45, 2.75) is 17.7 Å². The highest BCUT2D eigenvalue weighted by Crippen LogP contribution is 2.24. The molecule has 19 heavy (non-hydrogen) atoms. The van der Waals surface area contributed by atoms with E-state index in [4.69, 9.17) is 16.7 Å². The largest absolute Gasteiger partial charge is 0.481 e. The Morgan fingerprint density at radius 3 is 2.68 bits per heavy atom. The molecular weight excluding hydrogens is 297 g/mol. The van der Waals surface area contributed by atoms with Crippen LogP contribution < -0.4 is 0 Å². The third-order valence-electron chi connectivity index (χ3n) is 2.47. The van der Waals surface area contributed by atoms with E-state index in [1.807, 2.05) is 0 Å². The lowest BCUT2D eigenvalue weighted by Gasteiger charge is -2.17. The highest BCUT2D eigenvalue weighted by molar-refractivity contribution is 7.89. The van der Waals surface area contributed by atoms with E-state index in [1.165, 1.54) is 19.2 Å². The maximum absolute atomic E-state index is 13.7. The number of sulfonamides is 1. The first kappa shape index (κ1) is 15.9. The Hall–Kier alpha value is -1.18. The predicted molar refractivity (Wildman–Crippen MR) is 68.1 cm³/mol. The van der Waals surface area contributed by atoms with Crippen molar-refractivity contribution in [1.82, 2.24) is 4.31 Å². The molecule has 8 heteroatoms. The predicted octanol–water partition coefficient (Wildman–Crippen LogP) is 1.96. The average molecular weight is 310 g/mol. The summed E-state index contributed by atoms with van der Waals surface area (Å²) in [4.78, 5) is 9.84. The third kappa shape index (κ3) is 3.89. The summed E-state index contributed by atoms with van der Waals surface area (Å²) in [5, 5.41) is 8.20. The van der Waals surface area contributed by atoms with Gasteiger partial charge in [-0.15, -0.1) is 0 Å². The van der Waals surface area contributed by atoms with Crippen molar-refractivity contribution < 1.29 is 22.7 Å². The van der Waals surface area contributed by atoms with Crippen molar-refractivity contribution in [3.05, 3.63) is 29.0 Å². The minimum atomic E-state index is -4.01. The zero-order valence-corrected chi connectivity index (χ0v) is 11.7. The number of carboxylic acid groups (broad SMARTS) is 1. The summed E-state index contributed by atoms with van der Waals surface area (Å²) in [6, 6.07) is 3.70. The summed E-state index contributed by atoms with van der Waals surface area (Å²) in [6.45, 7) is -0.0133. The topological polar surface area (TPSA) is 74.7 Å². The molecule has 1 aromatic rings. The smallest absolute Gasteiger partial charge is 0.303 e. The number of hydrogen-bond acceptors (Lipinski definition) is 3. The second-order valence-corrected chi connectivity index (χ2v) is 6.30. The number of halogens is 2. The Bertz CT molecular complexity index is 576. The van der Waals surface area contributed by atoms with Crippen LogP contribution in [0.25, 0.3) is 0 Å². The molecule has 0 aliphatic rings. The molecule has 0 saturated heterocycles. The van der Waals surface area contributed by atoms with Gasteiger partial charge in [0.1, 0.15) is 4.90 Å². The average Bonchev–Trinajstić information content (AvgIpc) is 2.31. The molecular formula is C11H13ClFNO4S. The molecule has 0 fully saturated rings. The first-order valence-corrected chi connectivity index (χ1v) is 7.20. The van der Waals surface area contributed by atoms with E-state index in [0.29, 0.717) is 0 Å². The van der Waals surface area contributed by atoms with Gasteiger partial charge in [0.05, 0.1) is 5.02 Å². The van der Waals surface area contributed by atoms with Crippen LogP contribution in [0.5, 0.6) is 0 Å². The molecule has 0 unspecified atom stereocenters. The van der Waals surface area contributed by atoms with E-state index in [9.17, 15) is 17.6 Å². The van der Waals surface area contributed by atoms with E-state index in [2.05, 4.69) is 0 Å². The van der Waals surface area contributed by atoms with Gasteiger partial charge in [-0.2, -0.15) is 0 Å². The molecule has 0 aliphatic carbocycles. The van der Waals surface area contributed by atoms with Crippen molar-refractivity contribution in [3.8, 4) is 0 Å². The molecule has 5 nitrogen and oxygen atoms in total. The number of carbonyl (C=O) groups is 1. The number of nitrogens with zero attached hydrogens (tertiary/aromatic N) is 1. The quantitative estimate of drug-likeness (QED) is 0.871. The van der Waals surface area contributed by atoms with Crippen LogP contribution in [-0.2, 0) is 14.8 Å². The molecule has 0 radical (unpaired) electrons. The first-order chi connectivity index (χ1) is 8.76. The van der Waals surface area contributed by atoms with E-state index in [1.54, 1.807) is 0 Å². The zero-order chi connectivity index (χ0) is 14.6. The Morgan fingerprint density at radius 2 is 2.11 bits per heavy atom. The molecule has 106 valence electrons. The fraction of sp³-hybridized carbons (Fsp3) is 0.364. The second-order valence-electron chi connectivity index (χ2n) is 3.88. The zero-order valence-electron chi connectivity index (χ0n) is 10.1. The van der Waals surface area contributed by atoms with Gasteiger partial charge in [0, 0.05) is 20.0 Å². The Morgan fingerprint density at radius 1 is 1.47 bits per heavy atom. The molecule has 0 bridgehead atoms. The van der Waals surface area contributed by atoms with E-state index in [0.717, 1.165) is 10.4 Å². The number of benzene rings is 1. The molecule has 0 aliphatic heterocycles. The van der Waals surface area contributed by atoms with Crippen molar-refractivity contribution in [3.63, 3.8) is 0 Å². The van der Waals surface area contributed by atoms with Gasteiger partial charge in [-0.1, -0.05) is 17.7 Å². The van der Waals surface area contributed by atoms with E-state index in [-0.39, 0.29) is 24.4 Å².